The highest BCUT2D eigenvalue weighted by molar-refractivity contribution is 5.76. The van der Waals surface area contributed by atoms with Crippen molar-refractivity contribution in [3.8, 4) is 5.75 Å². The first-order valence-electron chi connectivity index (χ1n) is 5.32. The number of carboxylic acid groups (broad SMARTS) is 1. The summed E-state index contributed by atoms with van der Waals surface area (Å²) in [6.45, 7) is 1.39. The van der Waals surface area contributed by atoms with Crippen molar-refractivity contribution in [2.75, 3.05) is 19.0 Å². The Morgan fingerprint density at radius 1 is 1.33 bits per heavy atom. The molecule has 6 heteroatoms. The molecule has 1 aromatic carbocycles. The number of hydrogen-bond acceptors (Lipinski definition) is 5. The molecule has 0 fully saturated rings. The lowest BCUT2D eigenvalue weighted by molar-refractivity contribution is -0.143. The summed E-state index contributed by atoms with van der Waals surface area (Å²) in [5.41, 5.74) is 0.662. The molecule has 0 radical (unpaired) electrons. The van der Waals surface area contributed by atoms with E-state index >= 15 is 0 Å². The van der Waals surface area contributed by atoms with Crippen molar-refractivity contribution in [3.05, 3.63) is 24.3 Å². The summed E-state index contributed by atoms with van der Waals surface area (Å²) >= 11 is 0. The van der Waals surface area contributed by atoms with Crippen molar-refractivity contribution in [1.82, 2.24) is 0 Å². The number of carbonyl (C=O) groups excluding carboxylic acids is 1. The van der Waals surface area contributed by atoms with E-state index in [-0.39, 0.29) is 6.61 Å². The van der Waals surface area contributed by atoms with E-state index in [1.54, 1.807) is 31.2 Å². The number of esters is 1. The summed E-state index contributed by atoms with van der Waals surface area (Å²) in [7, 11) is 1.28. The van der Waals surface area contributed by atoms with Crippen LogP contribution < -0.4 is 10.1 Å². The van der Waals surface area contributed by atoms with Crippen molar-refractivity contribution in [2.45, 2.75) is 13.0 Å². The van der Waals surface area contributed by atoms with E-state index in [2.05, 4.69) is 10.1 Å². The largest absolute Gasteiger partial charge is 0.482 e. The molecule has 0 saturated heterocycles. The van der Waals surface area contributed by atoms with Gasteiger partial charge in [-0.15, -0.1) is 0 Å². The smallest absolute Gasteiger partial charge is 0.343 e. The molecule has 0 spiro atoms. The zero-order valence-corrected chi connectivity index (χ0v) is 10.2. The van der Waals surface area contributed by atoms with E-state index in [9.17, 15) is 9.59 Å². The molecular weight excluding hydrogens is 238 g/mol. The fourth-order valence-electron chi connectivity index (χ4n) is 1.16. The van der Waals surface area contributed by atoms with Gasteiger partial charge in [-0.05, 0) is 31.2 Å². The van der Waals surface area contributed by atoms with Crippen molar-refractivity contribution in [1.29, 1.82) is 0 Å². The number of hydrogen-bond donors (Lipinski definition) is 2. The summed E-state index contributed by atoms with van der Waals surface area (Å²) in [4.78, 5) is 21.5. The van der Waals surface area contributed by atoms with Crippen LogP contribution in [-0.4, -0.2) is 36.8 Å². The number of aliphatic carboxylic acids is 1. The van der Waals surface area contributed by atoms with Crippen LogP contribution >= 0.6 is 0 Å². The van der Waals surface area contributed by atoms with Gasteiger partial charge in [-0.2, -0.15) is 0 Å². The Hall–Kier alpha value is -2.24. The average molecular weight is 253 g/mol. The Morgan fingerprint density at radius 2 is 1.94 bits per heavy atom. The van der Waals surface area contributed by atoms with E-state index in [0.29, 0.717) is 11.4 Å². The van der Waals surface area contributed by atoms with Crippen LogP contribution in [0.3, 0.4) is 0 Å². The maximum atomic E-state index is 10.8. The molecule has 2 N–H and O–H groups in total. The first kappa shape index (κ1) is 13.8. The number of carboxylic acids is 1. The zero-order chi connectivity index (χ0) is 13.5. The Labute approximate surface area is 105 Å². The molecule has 98 valence electrons. The molecule has 1 atom stereocenters. The third-order valence-electron chi connectivity index (χ3n) is 2.19. The molecule has 1 rings (SSSR count). The Kier molecular flexibility index (Phi) is 4.98. The first-order valence-corrected chi connectivity index (χ1v) is 5.32. The Bertz CT molecular complexity index is 415. The molecule has 0 aliphatic rings. The van der Waals surface area contributed by atoms with Crippen LogP contribution in [0.5, 0.6) is 5.75 Å². The lowest BCUT2D eigenvalue weighted by atomic mass is 10.2. The minimum atomic E-state index is -0.930. The predicted molar refractivity (Wildman–Crippen MR) is 64.7 cm³/mol. The third kappa shape index (κ3) is 4.32. The number of methoxy groups -OCH3 is 1. The monoisotopic (exact) mass is 253 g/mol. The molecule has 6 nitrogen and oxygen atoms in total. The number of nitrogens with one attached hydrogen (secondary N) is 1. The molecule has 0 amide bonds. The van der Waals surface area contributed by atoms with Crippen LogP contribution in [0.2, 0.25) is 0 Å². The highest BCUT2D eigenvalue weighted by atomic mass is 16.6. The summed E-state index contributed by atoms with van der Waals surface area (Å²) in [6, 6.07) is 5.95. The van der Waals surface area contributed by atoms with Crippen LogP contribution in [-0.2, 0) is 14.3 Å². The van der Waals surface area contributed by atoms with Gasteiger partial charge in [0.25, 0.3) is 0 Å². The lowest BCUT2D eigenvalue weighted by Gasteiger charge is -2.11. The fourth-order valence-corrected chi connectivity index (χ4v) is 1.16. The molecule has 0 heterocycles. The average Bonchev–Trinajstić information content (AvgIpc) is 2.37. The second-order valence-corrected chi connectivity index (χ2v) is 3.59. The summed E-state index contributed by atoms with van der Waals surface area (Å²) in [5.74, 6) is -0.883. The second kappa shape index (κ2) is 6.48. The summed E-state index contributed by atoms with van der Waals surface area (Å²) < 4.78 is 9.58. The van der Waals surface area contributed by atoms with Crippen molar-refractivity contribution < 1.29 is 24.2 Å². The number of ether oxygens (including phenoxy) is 2. The number of rotatable bonds is 6. The maximum absolute atomic E-state index is 10.8. The van der Waals surface area contributed by atoms with Gasteiger partial charge in [-0.1, -0.05) is 0 Å². The molecule has 0 saturated carbocycles. The summed E-state index contributed by atoms with van der Waals surface area (Å²) in [5, 5.41) is 11.5. The van der Waals surface area contributed by atoms with Gasteiger partial charge < -0.3 is 19.9 Å². The third-order valence-corrected chi connectivity index (χ3v) is 2.19. The van der Waals surface area contributed by atoms with Gasteiger partial charge in [-0.25, -0.2) is 4.79 Å². The standard InChI is InChI=1S/C12H15NO5/c1-8(12(15)16)13-9-3-5-10(6-4-9)18-7-11(14)17-2/h3-6,8,13H,7H2,1-2H3,(H,15,16). The normalized spacial score (nSPS) is 11.4. The molecule has 0 aromatic heterocycles. The Balaban J connectivity index is 2.52. The minimum Gasteiger partial charge on any atom is -0.482 e. The van der Waals surface area contributed by atoms with Crippen LogP contribution in [0.25, 0.3) is 0 Å². The summed E-state index contributed by atoms with van der Waals surface area (Å²) in [6.07, 6.45) is 0. The first-order chi connectivity index (χ1) is 8.52. The van der Waals surface area contributed by atoms with Gasteiger partial charge in [-0.3, -0.25) is 4.79 Å². The van der Waals surface area contributed by atoms with Gasteiger partial charge in [0.2, 0.25) is 0 Å². The fraction of sp³-hybridized carbons (Fsp3) is 0.333. The predicted octanol–water partition coefficient (Wildman–Crippen LogP) is 1.12. The highest BCUT2D eigenvalue weighted by Gasteiger charge is 2.09. The number of anilines is 1. The SMILES string of the molecule is COC(=O)COc1ccc(NC(C)C(=O)O)cc1. The molecule has 0 aliphatic heterocycles. The second-order valence-electron chi connectivity index (χ2n) is 3.59. The van der Waals surface area contributed by atoms with Crippen LogP contribution in [0.4, 0.5) is 5.69 Å². The number of benzene rings is 1. The van der Waals surface area contributed by atoms with Gasteiger partial charge in [0.05, 0.1) is 7.11 Å². The number of carbonyl (C=O) groups is 2. The van der Waals surface area contributed by atoms with E-state index < -0.39 is 18.0 Å². The highest BCUT2D eigenvalue weighted by Crippen LogP contribution is 2.16. The van der Waals surface area contributed by atoms with E-state index in [1.807, 2.05) is 0 Å². The van der Waals surface area contributed by atoms with Gasteiger partial charge >= 0.3 is 11.9 Å². The van der Waals surface area contributed by atoms with Crippen molar-refractivity contribution in [2.24, 2.45) is 0 Å². The molecule has 1 unspecified atom stereocenters. The van der Waals surface area contributed by atoms with Gasteiger partial charge in [0.1, 0.15) is 11.8 Å². The lowest BCUT2D eigenvalue weighted by Crippen LogP contribution is -2.25. The van der Waals surface area contributed by atoms with Crippen LogP contribution in [0, 0.1) is 0 Å². The van der Waals surface area contributed by atoms with E-state index in [4.69, 9.17) is 9.84 Å². The zero-order valence-electron chi connectivity index (χ0n) is 10.2. The van der Waals surface area contributed by atoms with Gasteiger partial charge in [0.15, 0.2) is 6.61 Å². The van der Waals surface area contributed by atoms with Crippen LogP contribution in [0.1, 0.15) is 6.92 Å². The van der Waals surface area contributed by atoms with Gasteiger partial charge in [0, 0.05) is 5.69 Å². The van der Waals surface area contributed by atoms with Crippen molar-refractivity contribution in [3.63, 3.8) is 0 Å². The molecule has 18 heavy (non-hydrogen) atoms. The van der Waals surface area contributed by atoms with E-state index in [1.165, 1.54) is 7.11 Å². The van der Waals surface area contributed by atoms with Crippen LogP contribution in [0.15, 0.2) is 24.3 Å². The minimum absolute atomic E-state index is 0.158. The maximum Gasteiger partial charge on any atom is 0.343 e. The molecule has 0 bridgehead atoms. The molecule has 1 aromatic rings. The Morgan fingerprint density at radius 3 is 2.44 bits per heavy atom. The van der Waals surface area contributed by atoms with E-state index in [0.717, 1.165) is 0 Å². The quantitative estimate of drug-likeness (QED) is 0.739. The molecular formula is C12H15NO5. The molecule has 0 aliphatic carbocycles. The van der Waals surface area contributed by atoms with Crippen molar-refractivity contribution >= 4 is 17.6 Å². The topological polar surface area (TPSA) is 84.9 Å².